The summed E-state index contributed by atoms with van der Waals surface area (Å²) < 4.78 is 30.8. The summed E-state index contributed by atoms with van der Waals surface area (Å²) in [7, 11) is -10.1. The van der Waals surface area contributed by atoms with E-state index in [9.17, 15) is 0 Å². The molecule has 1 aliphatic rings. The molecule has 0 atom stereocenters. The van der Waals surface area contributed by atoms with Crippen LogP contribution in [0.25, 0.3) is 0 Å². The van der Waals surface area contributed by atoms with E-state index >= 15 is 0 Å². The van der Waals surface area contributed by atoms with Crippen molar-refractivity contribution in [2.75, 3.05) is 0 Å². The molecule has 0 unspecified atom stereocenters. The number of unbranched alkanes of at least 4 members (excludes halogenated alkanes) is 44. The van der Waals surface area contributed by atoms with Crippen LogP contribution in [0.1, 0.15) is 336 Å². The Morgan fingerprint density at radius 2 is 0.265 bits per heavy atom. The molecule has 0 radical (unpaired) electrons. The highest BCUT2D eigenvalue weighted by Gasteiger charge is 2.56. The van der Waals surface area contributed by atoms with Crippen molar-refractivity contribution in [1.29, 1.82) is 0 Å². The first-order valence-electron chi connectivity index (χ1n) is 31.9. The lowest BCUT2D eigenvalue weighted by atomic mass is 10.1. The van der Waals surface area contributed by atoms with Crippen LogP contribution in [0.5, 0.6) is 0 Å². The molecular formula is C60H128O4Si4. The van der Waals surface area contributed by atoms with Crippen LogP contribution in [0.4, 0.5) is 0 Å². The normalized spacial score (nSPS) is 22.2. The fourth-order valence-electron chi connectivity index (χ4n) is 11.5. The molecule has 68 heavy (non-hydrogen) atoms. The molecule has 1 heterocycles. The minimum absolute atomic E-state index is 1.11. The van der Waals surface area contributed by atoms with E-state index in [4.69, 9.17) is 16.5 Å². The summed E-state index contributed by atoms with van der Waals surface area (Å²) >= 11 is 0. The van der Waals surface area contributed by atoms with Crippen LogP contribution >= 0.6 is 0 Å². The Labute approximate surface area is 434 Å². The third-order valence-electron chi connectivity index (χ3n) is 15.7. The summed E-state index contributed by atoms with van der Waals surface area (Å²) in [4.78, 5) is 0. The lowest BCUT2D eigenvalue weighted by Crippen LogP contribution is -2.67. The zero-order chi connectivity index (χ0) is 49.6. The Kier molecular flexibility index (Phi) is 45.4. The average molecular weight is 1030 g/mol. The van der Waals surface area contributed by atoms with Crippen LogP contribution in [0.2, 0.25) is 50.4 Å². The molecule has 1 aliphatic heterocycles. The van der Waals surface area contributed by atoms with E-state index in [0.717, 1.165) is 24.2 Å². The molecule has 4 nitrogen and oxygen atoms in total. The molecule has 0 aromatic carbocycles. The summed E-state index contributed by atoms with van der Waals surface area (Å²) in [6.45, 7) is 19.1. The van der Waals surface area contributed by atoms with Gasteiger partial charge in [-0.15, -0.1) is 0 Å². The molecule has 0 bridgehead atoms. The van der Waals surface area contributed by atoms with Gasteiger partial charge in [0, 0.05) is 0 Å². The van der Waals surface area contributed by atoms with E-state index < -0.39 is 34.2 Å². The maximum Gasteiger partial charge on any atom is 0.317 e. The van der Waals surface area contributed by atoms with Crippen molar-refractivity contribution in [3.8, 4) is 0 Å². The first-order chi connectivity index (χ1) is 33.1. The summed E-state index contributed by atoms with van der Waals surface area (Å²) in [5, 5.41) is 0. The molecule has 0 aliphatic carbocycles. The molecule has 0 amide bonds. The fourth-order valence-corrected chi connectivity index (χ4v) is 35.1. The Morgan fingerprint density at radius 3 is 0.382 bits per heavy atom. The van der Waals surface area contributed by atoms with Gasteiger partial charge in [0.05, 0.1) is 0 Å². The van der Waals surface area contributed by atoms with Crippen molar-refractivity contribution in [2.24, 2.45) is 0 Å². The van der Waals surface area contributed by atoms with Crippen LogP contribution in [-0.2, 0) is 16.5 Å². The number of rotatable bonds is 52. The molecule has 408 valence electrons. The average Bonchev–Trinajstić information content (AvgIpc) is 3.29. The Balaban J connectivity index is 2.96. The molecular weight excluding hydrogens is 897 g/mol. The van der Waals surface area contributed by atoms with Gasteiger partial charge in [-0.2, -0.15) is 0 Å². The van der Waals surface area contributed by atoms with E-state index in [-0.39, 0.29) is 0 Å². The third kappa shape index (κ3) is 40.1. The molecule has 0 spiro atoms. The first-order valence-corrected chi connectivity index (χ1v) is 42.0. The van der Waals surface area contributed by atoms with Gasteiger partial charge < -0.3 is 16.5 Å². The summed E-state index contributed by atoms with van der Waals surface area (Å²) in [6, 6.07) is 4.43. The second-order valence-corrected chi connectivity index (χ2v) is 37.8. The molecule has 0 aromatic rings. The van der Waals surface area contributed by atoms with E-state index in [1.54, 1.807) is 0 Å². The third-order valence-corrected chi connectivity index (χ3v) is 34.5. The highest BCUT2D eigenvalue weighted by atomic mass is 28.5. The zero-order valence-corrected chi connectivity index (χ0v) is 52.4. The maximum absolute atomic E-state index is 7.71. The van der Waals surface area contributed by atoms with E-state index in [1.807, 2.05) is 0 Å². The maximum atomic E-state index is 7.71. The first kappa shape index (κ1) is 66.7. The van der Waals surface area contributed by atoms with Crippen molar-refractivity contribution in [3.05, 3.63) is 0 Å². The monoisotopic (exact) mass is 1020 g/mol. The lowest BCUT2D eigenvalue weighted by Gasteiger charge is -2.50. The smallest absolute Gasteiger partial charge is 0.317 e. The molecule has 0 N–H and O–H groups in total. The van der Waals surface area contributed by atoms with Crippen LogP contribution < -0.4 is 0 Å². The van der Waals surface area contributed by atoms with Gasteiger partial charge in [0.2, 0.25) is 0 Å². The highest BCUT2D eigenvalue weighted by Crippen LogP contribution is 2.40. The van der Waals surface area contributed by atoms with Crippen molar-refractivity contribution >= 4 is 34.2 Å². The van der Waals surface area contributed by atoms with E-state index in [2.05, 4.69) is 53.9 Å². The van der Waals surface area contributed by atoms with E-state index in [0.29, 0.717) is 0 Å². The van der Waals surface area contributed by atoms with Crippen molar-refractivity contribution < 1.29 is 16.5 Å². The van der Waals surface area contributed by atoms with Gasteiger partial charge in [-0.05, 0) is 50.4 Å². The second-order valence-electron chi connectivity index (χ2n) is 23.5. The van der Waals surface area contributed by atoms with Gasteiger partial charge in [-0.3, -0.25) is 0 Å². The van der Waals surface area contributed by atoms with Gasteiger partial charge in [-0.25, -0.2) is 0 Å². The second kappa shape index (κ2) is 46.3. The van der Waals surface area contributed by atoms with Crippen molar-refractivity contribution in [2.45, 2.75) is 386 Å². The molecule has 1 fully saturated rings. The summed E-state index contributed by atoms with van der Waals surface area (Å²) in [5.74, 6) is 0. The predicted molar refractivity (Wildman–Crippen MR) is 314 cm³/mol. The number of hydrogen-bond acceptors (Lipinski definition) is 4. The van der Waals surface area contributed by atoms with Gasteiger partial charge in [0.1, 0.15) is 0 Å². The molecule has 1 saturated heterocycles. The SMILES string of the molecule is CCCCCCCCCCCCCC[Si]1(C)O[Si](C)(CCCCCCCCCCCCCC)O[Si](C)(CCCCCCCCCCCCCC)O[Si](C)(CCCCCCCCCCCCCC)O1. The van der Waals surface area contributed by atoms with Gasteiger partial charge in [-0.1, -0.05) is 336 Å². The van der Waals surface area contributed by atoms with Crippen LogP contribution in [0, 0.1) is 0 Å². The van der Waals surface area contributed by atoms with Crippen LogP contribution in [0.15, 0.2) is 0 Å². The largest absolute Gasteiger partial charge is 0.416 e. The Hall–Kier alpha value is 0.708. The van der Waals surface area contributed by atoms with E-state index in [1.165, 1.54) is 308 Å². The van der Waals surface area contributed by atoms with Gasteiger partial charge in [0.15, 0.2) is 0 Å². The standard InChI is InChI=1S/C60H128O4Si4/c1-9-13-17-21-25-29-33-37-41-45-49-53-57-65(5)61-66(6,58-54-50-46-42-38-34-30-26-22-18-14-10-2)63-68(8,60-56-52-48-44-40-36-32-28-24-20-16-12-4)64-67(7,62-65)59-55-51-47-43-39-35-31-27-23-19-15-11-3/h9-60H2,1-8H3. The van der Waals surface area contributed by atoms with Gasteiger partial charge in [0.25, 0.3) is 0 Å². The van der Waals surface area contributed by atoms with Crippen LogP contribution in [-0.4, -0.2) is 34.2 Å². The molecule has 1 rings (SSSR count). The van der Waals surface area contributed by atoms with Crippen LogP contribution in [0.3, 0.4) is 0 Å². The molecule has 0 aromatic heterocycles. The fraction of sp³-hybridized carbons (Fsp3) is 1.00. The highest BCUT2D eigenvalue weighted by molar-refractivity contribution is 6.93. The Bertz CT molecular complexity index is 879. The number of hydrogen-bond donors (Lipinski definition) is 0. The Morgan fingerprint density at radius 1 is 0.162 bits per heavy atom. The lowest BCUT2D eigenvalue weighted by molar-refractivity contribution is 0.219. The molecule has 0 saturated carbocycles. The van der Waals surface area contributed by atoms with Crippen molar-refractivity contribution in [1.82, 2.24) is 0 Å². The molecule has 8 heteroatoms. The topological polar surface area (TPSA) is 36.9 Å². The zero-order valence-electron chi connectivity index (χ0n) is 48.4. The quantitative estimate of drug-likeness (QED) is 0.0449. The minimum Gasteiger partial charge on any atom is -0.416 e. The van der Waals surface area contributed by atoms with Crippen molar-refractivity contribution in [3.63, 3.8) is 0 Å². The summed E-state index contributed by atoms with van der Waals surface area (Å²) in [5.41, 5.74) is 0. The summed E-state index contributed by atoms with van der Waals surface area (Å²) in [6.07, 6.45) is 66.5. The van der Waals surface area contributed by atoms with Gasteiger partial charge >= 0.3 is 34.2 Å². The predicted octanol–water partition coefficient (Wildman–Crippen LogP) is 23.2. The minimum atomic E-state index is -2.53.